The molecule has 13 heteroatoms. The number of alkyl halides is 3. The smallest absolute Gasteiger partial charge is 0.378 e. The van der Waals surface area contributed by atoms with Crippen molar-refractivity contribution in [2.45, 2.75) is 18.1 Å². The summed E-state index contributed by atoms with van der Waals surface area (Å²) < 4.78 is 68.9. The molecule has 1 fully saturated rings. The summed E-state index contributed by atoms with van der Waals surface area (Å²) >= 11 is 0. The van der Waals surface area contributed by atoms with E-state index in [4.69, 9.17) is 4.74 Å². The normalized spacial score (nSPS) is 14.5. The quantitative estimate of drug-likeness (QED) is 0.544. The molecule has 36 heavy (non-hydrogen) atoms. The number of anilines is 2. The molecule has 0 spiro atoms. The zero-order valence-electron chi connectivity index (χ0n) is 19.3. The van der Waals surface area contributed by atoms with Crippen molar-refractivity contribution in [2.75, 3.05) is 42.8 Å². The molecule has 3 heterocycles. The maximum absolute atomic E-state index is 13.0. The number of aryl methyl sites for hydroxylation is 1. The Morgan fingerprint density at radius 3 is 2.47 bits per heavy atom. The Bertz CT molecular complexity index is 1410. The molecule has 3 aromatic rings. The van der Waals surface area contributed by atoms with Crippen LogP contribution in [0.15, 0.2) is 47.6 Å². The van der Waals surface area contributed by atoms with Gasteiger partial charge in [0.05, 0.1) is 24.6 Å². The number of benzene rings is 1. The third kappa shape index (κ3) is 5.62. The summed E-state index contributed by atoms with van der Waals surface area (Å²) in [5.74, 6) is -0.745. The van der Waals surface area contributed by atoms with Gasteiger partial charge in [-0.3, -0.25) is 9.78 Å². The monoisotopic (exact) mass is 521 g/mol. The molecule has 1 aliphatic rings. The summed E-state index contributed by atoms with van der Waals surface area (Å²) in [6, 6.07) is 8.40. The number of sulfone groups is 1. The lowest BCUT2D eigenvalue weighted by Crippen LogP contribution is -2.37. The van der Waals surface area contributed by atoms with Gasteiger partial charge in [-0.15, -0.1) is 10.2 Å². The van der Waals surface area contributed by atoms with Crippen molar-refractivity contribution in [2.24, 2.45) is 0 Å². The number of amides is 1. The van der Waals surface area contributed by atoms with Crippen LogP contribution in [0.4, 0.5) is 24.5 Å². The Kier molecular flexibility index (Phi) is 6.96. The molecule has 2 aromatic heterocycles. The molecule has 0 radical (unpaired) electrons. The van der Waals surface area contributed by atoms with E-state index in [0.29, 0.717) is 55.0 Å². The number of halogens is 3. The van der Waals surface area contributed by atoms with Gasteiger partial charge in [-0.2, -0.15) is 13.2 Å². The van der Waals surface area contributed by atoms with E-state index in [9.17, 15) is 26.4 Å². The highest BCUT2D eigenvalue weighted by Crippen LogP contribution is 2.32. The molecule has 0 bridgehead atoms. The number of nitrogens with zero attached hydrogens (tertiary/aromatic N) is 4. The standard InChI is InChI=1S/C23H22F3N5O4S/c1-14-3-4-16(28-21(32)15-5-6-27-20(11-15)23(24,25)26)12-17(14)18-13-19(31-7-9-35-10-8-31)22(30-29-18)36(2,33)34/h3-6,11-13H,7-10H2,1-2H3,(H,28,32). The number of nitrogens with one attached hydrogen (secondary N) is 1. The van der Waals surface area contributed by atoms with Crippen LogP contribution in [0.3, 0.4) is 0 Å². The van der Waals surface area contributed by atoms with Crippen LogP contribution in [0, 0.1) is 6.92 Å². The van der Waals surface area contributed by atoms with Crippen LogP contribution in [0.5, 0.6) is 0 Å². The number of carbonyl (C=O) groups excluding carboxylic acids is 1. The third-order valence-corrected chi connectivity index (χ3v) is 6.52. The first-order chi connectivity index (χ1) is 16.9. The number of morpholine rings is 1. The lowest BCUT2D eigenvalue weighted by Gasteiger charge is -2.29. The second-order valence-electron chi connectivity index (χ2n) is 8.20. The van der Waals surface area contributed by atoms with Gasteiger partial charge < -0.3 is 15.0 Å². The molecule has 1 N–H and O–H groups in total. The molecule has 190 valence electrons. The second-order valence-corrected chi connectivity index (χ2v) is 10.1. The maximum atomic E-state index is 13.0. The fourth-order valence-electron chi connectivity index (χ4n) is 3.70. The van der Waals surface area contributed by atoms with E-state index in [0.717, 1.165) is 18.0 Å². The van der Waals surface area contributed by atoms with Crippen molar-refractivity contribution in [3.8, 4) is 11.3 Å². The van der Waals surface area contributed by atoms with E-state index in [-0.39, 0.29) is 10.6 Å². The Labute approximate surface area is 205 Å². The van der Waals surface area contributed by atoms with Crippen molar-refractivity contribution in [1.29, 1.82) is 0 Å². The first-order valence-electron chi connectivity index (χ1n) is 10.8. The molecule has 0 unspecified atom stereocenters. The Balaban J connectivity index is 1.68. The molecule has 4 rings (SSSR count). The predicted molar refractivity (Wildman–Crippen MR) is 126 cm³/mol. The fourth-order valence-corrected chi connectivity index (χ4v) is 4.46. The zero-order chi connectivity index (χ0) is 26.1. The average Bonchev–Trinajstić information content (AvgIpc) is 2.84. The lowest BCUT2D eigenvalue weighted by atomic mass is 10.0. The summed E-state index contributed by atoms with van der Waals surface area (Å²) in [4.78, 5) is 17.7. The number of hydrogen-bond donors (Lipinski definition) is 1. The topological polar surface area (TPSA) is 114 Å². The van der Waals surface area contributed by atoms with Gasteiger partial charge >= 0.3 is 6.18 Å². The van der Waals surface area contributed by atoms with Gasteiger partial charge in [0.2, 0.25) is 5.03 Å². The number of aromatic nitrogens is 3. The molecule has 1 saturated heterocycles. The molecular weight excluding hydrogens is 499 g/mol. The zero-order valence-corrected chi connectivity index (χ0v) is 20.2. The third-order valence-electron chi connectivity index (χ3n) is 5.53. The second kappa shape index (κ2) is 9.82. The Morgan fingerprint density at radius 1 is 1.08 bits per heavy atom. The highest BCUT2D eigenvalue weighted by Gasteiger charge is 2.33. The molecule has 1 aliphatic heterocycles. The maximum Gasteiger partial charge on any atom is 0.433 e. The van der Waals surface area contributed by atoms with Gasteiger partial charge in [0.15, 0.2) is 9.84 Å². The van der Waals surface area contributed by atoms with Crippen molar-refractivity contribution >= 4 is 27.1 Å². The van der Waals surface area contributed by atoms with E-state index in [1.807, 2.05) is 4.90 Å². The predicted octanol–water partition coefficient (Wildman–Crippen LogP) is 3.36. The van der Waals surface area contributed by atoms with E-state index in [2.05, 4.69) is 20.5 Å². The minimum Gasteiger partial charge on any atom is -0.378 e. The van der Waals surface area contributed by atoms with Crippen molar-refractivity contribution in [3.63, 3.8) is 0 Å². The Morgan fingerprint density at radius 2 is 1.81 bits per heavy atom. The van der Waals surface area contributed by atoms with E-state index >= 15 is 0 Å². The number of pyridine rings is 1. The summed E-state index contributed by atoms with van der Waals surface area (Å²) in [7, 11) is -3.66. The number of hydrogen-bond acceptors (Lipinski definition) is 8. The highest BCUT2D eigenvalue weighted by molar-refractivity contribution is 7.90. The van der Waals surface area contributed by atoms with Crippen LogP contribution >= 0.6 is 0 Å². The van der Waals surface area contributed by atoms with Crippen molar-refractivity contribution in [3.05, 3.63) is 59.4 Å². The molecular formula is C23H22F3N5O4S. The van der Waals surface area contributed by atoms with Gasteiger partial charge in [0.1, 0.15) is 5.69 Å². The Hall–Kier alpha value is -3.58. The summed E-state index contributed by atoms with van der Waals surface area (Å²) in [5.41, 5.74) is 1.05. The number of ether oxygens (including phenoxy) is 1. The molecule has 0 aliphatic carbocycles. The van der Waals surface area contributed by atoms with Crippen LogP contribution in [-0.4, -0.2) is 62.1 Å². The van der Waals surface area contributed by atoms with Crippen molar-refractivity contribution in [1.82, 2.24) is 15.2 Å². The molecule has 0 atom stereocenters. The SMILES string of the molecule is Cc1ccc(NC(=O)c2ccnc(C(F)(F)F)c2)cc1-c1cc(N2CCOCC2)c(S(C)(=O)=O)nn1. The van der Waals surface area contributed by atoms with Crippen LogP contribution in [0.1, 0.15) is 21.6 Å². The van der Waals surface area contributed by atoms with E-state index < -0.39 is 27.6 Å². The highest BCUT2D eigenvalue weighted by atomic mass is 32.2. The van der Waals surface area contributed by atoms with Crippen molar-refractivity contribution < 1.29 is 31.1 Å². The minimum absolute atomic E-state index is 0.145. The van der Waals surface area contributed by atoms with E-state index in [1.165, 1.54) is 6.07 Å². The summed E-state index contributed by atoms with van der Waals surface area (Å²) in [6.07, 6.45) is -2.70. The van der Waals surface area contributed by atoms with Gasteiger partial charge in [0.25, 0.3) is 5.91 Å². The summed E-state index contributed by atoms with van der Waals surface area (Å²) in [5, 5.41) is 10.5. The fraction of sp³-hybridized carbons (Fsp3) is 0.304. The lowest BCUT2D eigenvalue weighted by molar-refractivity contribution is -0.141. The van der Waals surface area contributed by atoms with Gasteiger partial charge in [-0.1, -0.05) is 6.07 Å². The largest absolute Gasteiger partial charge is 0.433 e. The molecule has 1 aromatic carbocycles. The van der Waals surface area contributed by atoms with Crippen LogP contribution in [0.2, 0.25) is 0 Å². The van der Waals surface area contributed by atoms with Crippen LogP contribution < -0.4 is 10.2 Å². The van der Waals surface area contributed by atoms with Gasteiger partial charge in [-0.05, 0) is 42.8 Å². The van der Waals surface area contributed by atoms with Gasteiger partial charge in [-0.25, -0.2) is 8.42 Å². The number of carbonyl (C=O) groups is 1. The van der Waals surface area contributed by atoms with Crippen LogP contribution in [-0.2, 0) is 20.8 Å². The molecule has 0 saturated carbocycles. The molecule has 9 nitrogen and oxygen atoms in total. The van der Waals surface area contributed by atoms with E-state index in [1.54, 1.807) is 31.2 Å². The van der Waals surface area contributed by atoms with Crippen LogP contribution in [0.25, 0.3) is 11.3 Å². The average molecular weight is 522 g/mol. The first kappa shape index (κ1) is 25.5. The minimum atomic E-state index is -4.68. The number of rotatable bonds is 5. The first-order valence-corrected chi connectivity index (χ1v) is 12.7. The van der Waals surface area contributed by atoms with Gasteiger partial charge in [0, 0.05) is 42.4 Å². The molecule has 1 amide bonds. The summed E-state index contributed by atoms with van der Waals surface area (Å²) in [6.45, 7) is 3.64.